The molecule has 0 aromatic heterocycles. The maximum atomic E-state index is 10.7. The molecule has 3 nitrogen and oxygen atoms in total. The Hall–Kier alpha value is -2.55. The highest BCUT2D eigenvalue weighted by Crippen LogP contribution is 2.30. The maximum absolute atomic E-state index is 10.7. The zero-order valence-electron chi connectivity index (χ0n) is 11.5. The van der Waals surface area contributed by atoms with Crippen molar-refractivity contribution in [3.8, 4) is 0 Å². The number of hydrogen-bond donors (Lipinski definition) is 2. The number of hydrogen-bond acceptors (Lipinski definition) is 2. The molecule has 0 aliphatic carbocycles. The van der Waals surface area contributed by atoms with Crippen LogP contribution in [0.1, 0.15) is 6.92 Å². The Bertz CT molecular complexity index is 852. The second-order valence-corrected chi connectivity index (χ2v) is 4.81. The van der Waals surface area contributed by atoms with E-state index < -0.39 is 0 Å². The normalized spacial score (nSPS) is 12.5. The third-order valence-electron chi connectivity index (χ3n) is 3.74. The van der Waals surface area contributed by atoms with Gasteiger partial charge in [-0.3, -0.25) is 4.79 Å². The molecule has 2 N–H and O–H groups in total. The fraction of sp³-hybridized carbons (Fsp3) is 0.118. The smallest absolute Gasteiger partial charge is 0.211 e. The minimum Gasteiger partial charge on any atom is -0.388 e. The summed E-state index contributed by atoms with van der Waals surface area (Å²) in [4.78, 5) is 10.7. The summed E-state index contributed by atoms with van der Waals surface area (Å²) < 4.78 is 0. The molecule has 100 valence electrons. The molecule has 0 saturated carbocycles. The number of rotatable bonds is 3. The summed E-state index contributed by atoms with van der Waals surface area (Å²) in [7, 11) is 1.93. The number of nitrogens with one attached hydrogen (secondary N) is 2. The van der Waals surface area contributed by atoms with Crippen LogP contribution < -0.4 is 15.9 Å². The van der Waals surface area contributed by atoms with Crippen molar-refractivity contribution >= 4 is 39.3 Å². The number of anilines is 1. The first-order chi connectivity index (χ1) is 9.76. The van der Waals surface area contributed by atoms with Crippen molar-refractivity contribution in [2.45, 2.75) is 6.92 Å². The zero-order valence-corrected chi connectivity index (χ0v) is 11.5. The standard InChI is InChI=1S/C17H16N2O/c1-11(19-10-20)13-7-8-15-16(18-2)9-6-12-4-3-5-14(13)17(12)15/h3-10,18H,1-2H3,(H,19,20). The number of benzene rings is 3. The van der Waals surface area contributed by atoms with Gasteiger partial charge in [0.15, 0.2) is 0 Å². The summed E-state index contributed by atoms with van der Waals surface area (Å²) in [6, 6.07) is 14.6. The Kier molecular flexibility index (Phi) is 3.03. The Balaban J connectivity index is 2.53. The van der Waals surface area contributed by atoms with Gasteiger partial charge in [-0.25, -0.2) is 0 Å². The fourth-order valence-electron chi connectivity index (χ4n) is 2.77. The lowest BCUT2D eigenvalue weighted by Gasteiger charge is -2.11. The first kappa shape index (κ1) is 12.5. The SMILES string of the molecule is CNc1ccc2cccc3c(=C(C)NC=O)ccc1c23. The molecule has 0 bridgehead atoms. The first-order valence-corrected chi connectivity index (χ1v) is 6.59. The molecule has 0 heterocycles. The van der Waals surface area contributed by atoms with Gasteiger partial charge in [0.05, 0.1) is 0 Å². The zero-order chi connectivity index (χ0) is 14.1. The summed E-state index contributed by atoms with van der Waals surface area (Å²) in [6.07, 6.45) is 0.718. The topological polar surface area (TPSA) is 41.1 Å². The third kappa shape index (κ3) is 1.79. The lowest BCUT2D eigenvalue weighted by molar-refractivity contribution is -0.108. The minimum absolute atomic E-state index is 0.718. The van der Waals surface area contributed by atoms with E-state index in [-0.39, 0.29) is 0 Å². The molecule has 20 heavy (non-hydrogen) atoms. The van der Waals surface area contributed by atoms with Crippen LogP contribution in [0.4, 0.5) is 5.69 Å². The average molecular weight is 264 g/mol. The van der Waals surface area contributed by atoms with Gasteiger partial charge in [-0.1, -0.05) is 36.4 Å². The largest absolute Gasteiger partial charge is 0.388 e. The van der Waals surface area contributed by atoms with Crippen molar-refractivity contribution in [2.75, 3.05) is 12.4 Å². The summed E-state index contributed by atoms with van der Waals surface area (Å²) in [5, 5.41) is 11.8. The van der Waals surface area contributed by atoms with E-state index in [2.05, 4.69) is 47.0 Å². The molecule has 0 saturated heterocycles. The maximum Gasteiger partial charge on any atom is 0.211 e. The molecular weight excluding hydrogens is 248 g/mol. The van der Waals surface area contributed by atoms with Gasteiger partial charge in [-0.05, 0) is 29.1 Å². The summed E-state index contributed by atoms with van der Waals surface area (Å²) in [5.74, 6) is 0. The molecule has 3 heteroatoms. The molecular formula is C17H16N2O. The molecule has 0 atom stereocenters. The summed E-state index contributed by atoms with van der Waals surface area (Å²) in [6.45, 7) is 1.92. The van der Waals surface area contributed by atoms with Crippen molar-refractivity contribution in [3.63, 3.8) is 0 Å². The summed E-state index contributed by atoms with van der Waals surface area (Å²) >= 11 is 0. The van der Waals surface area contributed by atoms with Crippen LogP contribution in [0.3, 0.4) is 0 Å². The molecule has 0 unspecified atom stereocenters. The van der Waals surface area contributed by atoms with Crippen LogP contribution in [0.2, 0.25) is 0 Å². The average Bonchev–Trinajstić information content (AvgIpc) is 2.48. The van der Waals surface area contributed by atoms with Crippen LogP contribution in [0.5, 0.6) is 0 Å². The monoisotopic (exact) mass is 264 g/mol. The van der Waals surface area contributed by atoms with E-state index in [0.29, 0.717) is 0 Å². The van der Waals surface area contributed by atoms with Crippen molar-refractivity contribution in [2.24, 2.45) is 0 Å². The van der Waals surface area contributed by atoms with Crippen molar-refractivity contribution in [3.05, 3.63) is 47.7 Å². The Labute approximate surface area is 117 Å². The van der Waals surface area contributed by atoms with Crippen LogP contribution in [0.25, 0.3) is 27.2 Å². The first-order valence-electron chi connectivity index (χ1n) is 6.59. The number of amides is 1. The van der Waals surface area contributed by atoms with Crippen LogP contribution in [-0.2, 0) is 4.79 Å². The quantitative estimate of drug-likeness (QED) is 0.714. The predicted molar refractivity (Wildman–Crippen MR) is 84.5 cm³/mol. The van der Waals surface area contributed by atoms with Gasteiger partial charge >= 0.3 is 0 Å². The van der Waals surface area contributed by atoms with Gasteiger partial charge < -0.3 is 10.6 Å². The van der Waals surface area contributed by atoms with Gasteiger partial charge in [0.1, 0.15) is 0 Å². The highest BCUT2D eigenvalue weighted by Gasteiger charge is 2.07. The summed E-state index contributed by atoms with van der Waals surface area (Å²) in [5.41, 5.74) is 1.98. The van der Waals surface area contributed by atoms with E-state index in [9.17, 15) is 4.79 Å². The van der Waals surface area contributed by atoms with Gasteiger partial charge in [0.25, 0.3) is 0 Å². The molecule has 0 aliphatic heterocycles. The molecule has 3 rings (SSSR count). The number of carbonyl (C=O) groups is 1. The Morgan fingerprint density at radius 2 is 1.90 bits per heavy atom. The molecule has 0 spiro atoms. The van der Waals surface area contributed by atoms with Gasteiger partial charge in [0.2, 0.25) is 6.41 Å². The Morgan fingerprint density at radius 1 is 1.05 bits per heavy atom. The van der Waals surface area contributed by atoms with E-state index in [1.165, 1.54) is 16.2 Å². The lowest BCUT2D eigenvalue weighted by Crippen LogP contribution is -2.17. The second-order valence-electron chi connectivity index (χ2n) is 4.81. The van der Waals surface area contributed by atoms with Gasteiger partial charge in [-0.15, -0.1) is 0 Å². The van der Waals surface area contributed by atoms with Crippen LogP contribution in [-0.4, -0.2) is 13.5 Å². The van der Waals surface area contributed by atoms with Gasteiger partial charge in [0, 0.05) is 29.0 Å². The fourth-order valence-corrected chi connectivity index (χ4v) is 2.77. The molecule has 0 radical (unpaired) electrons. The third-order valence-corrected chi connectivity index (χ3v) is 3.74. The molecule has 3 aromatic carbocycles. The molecule has 0 fully saturated rings. The van der Waals surface area contributed by atoms with Crippen LogP contribution in [0, 0.1) is 0 Å². The second kappa shape index (κ2) is 4.85. The molecule has 3 aromatic rings. The lowest BCUT2D eigenvalue weighted by atomic mass is 9.97. The van der Waals surface area contributed by atoms with E-state index in [1.54, 1.807) is 0 Å². The van der Waals surface area contributed by atoms with E-state index >= 15 is 0 Å². The molecule has 1 amide bonds. The van der Waals surface area contributed by atoms with E-state index in [1.807, 2.05) is 20.0 Å². The highest BCUT2D eigenvalue weighted by atomic mass is 16.1. The Morgan fingerprint density at radius 3 is 2.65 bits per heavy atom. The number of carbonyl (C=O) groups excluding carboxylic acids is 1. The van der Waals surface area contributed by atoms with Crippen molar-refractivity contribution < 1.29 is 4.79 Å². The van der Waals surface area contributed by atoms with E-state index in [0.717, 1.165) is 28.4 Å². The van der Waals surface area contributed by atoms with Crippen LogP contribution >= 0.6 is 0 Å². The van der Waals surface area contributed by atoms with Gasteiger partial charge in [-0.2, -0.15) is 0 Å². The van der Waals surface area contributed by atoms with Crippen LogP contribution in [0.15, 0.2) is 42.5 Å². The van der Waals surface area contributed by atoms with E-state index in [4.69, 9.17) is 0 Å². The van der Waals surface area contributed by atoms with Crippen molar-refractivity contribution in [1.29, 1.82) is 0 Å². The minimum atomic E-state index is 0.718. The van der Waals surface area contributed by atoms with Crippen molar-refractivity contribution in [1.82, 2.24) is 5.32 Å². The molecule has 0 aliphatic rings. The predicted octanol–water partition coefficient (Wildman–Crippen LogP) is 2.63. The highest BCUT2D eigenvalue weighted by molar-refractivity contribution is 6.14.